The molecule has 0 fully saturated rings. The SMILES string of the molecule is CCC(CC)CCC(C)(CC)CC. The molecule has 0 aromatic rings. The highest BCUT2D eigenvalue weighted by Crippen LogP contribution is 2.33. The number of hydrogen-bond acceptors (Lipinski definition) is 0. The third kappa shape index (κ3) is 4.69. The van der Waals surface area contributed by atoms with Gasteiger partial charge >= 0.3 is 0 Å². The van der Waals surface area contributed by atoms with Crippen molar-refractivity contribution >= 4 is 0 Å². The van der Waals surface area contributed by atoms with E-state index in [1.165, 1.54) is 38.5 Å². The summed E-state index contributed by atoms with van der Waals surface area (Å²) in [7, 11) is 0. The first kappa shape index (κ1) is 13.0. The minimum absolute atomic E-state index is 0.614. The fraction of sp³-hybridized carbons (Fsp3) is 1.00. The average Bonchev–Trinajstić information content (AvgIpc) is 2.19. The van der Waals surface area contributed by atoms with Crippen molar-refractivity contribution in [1.29, 1.82) is 0 Å². The Morgan fingerprint density at radius 1 is 0.923 bits per heavy atom. The van der Waals surface area contributed by atoms with E-state index in [2.05, 4.69) is 34.6 Å². The van der Waals surface area contributed by atoms with Crippen molar-refractivity contribution in [2.24, 2.45) is 11.3 Å². The van der Waals surface area contributed by atoms with Crippen LogP contribution in [-0.4, -0.2) is 0 Å². The zero-order chi connectivity index (χ0) is 10.3. The summed E-state index contributed by atoms with van der Waals surface area (Å²) in [6, 6.07) is 0. The van der Waals surface area contributed by atoms with Crippen LogP contribution in [-0.2, 0) is 0 Å². The normalized spacial score (nSPS) is 12.5. The molecule has 0 spiro atoms. The van der Waals surface area contributed by atoms with Gasteiger partial charge in [0.15, 0.2) is 0 Å². The van der Waals surface area contributed by atoms with E-state index in [-0.39, 0.29) is 0 Å². The Balaban J connectivity index is 3.83. The fourth-order valence-corrected chi connectivity index (χ4v) is 1.85. The Morgan fingerprint density at radius 2 is 1.38 bits per heavy atom. The third-order valence-corrected chi connectivity index (χ3v) is 4.02. The first-order chi connectivity index (χ1) is 6.11. The third-order valence-electron chi connectivity index (χ3n) is 4.02. The lowest BCUT2D eigenvalue weighted by atomic mass is 9.78. The van der Waals surface area contributed by atoms with Crippen molar-refractivity contribution < 1.29 is 0 Å². The summed E-state index contributed by atoms with van der Waals surface area (Å²) >= 11 is 0. The molecule has 0 nitrogen and oxygen atoms in total. The second-order valence-electron chi connectivity index (χ2n) is 4.74. The highest BCUT2D eigenvalue weighted by atomic mass is 14.3. The Labute approximate surface area is 85.1 Å². The molecule has 0 aliphatic carbocycles. The Bertz CT molecular complexity index is 107. The van der Waals surface area contributed by atoms with Crippen molar-refractivity contribution in [2.75, 3.05) is 0 Å². The highest BCUT2D eigenvalue weighted by Gasteiger charge is 2.20. The van der Waals surface area contributed by atoms with Gasteiger partial charge in [0.25, 0.3) is 0 Å². The van der Waals surface area contributed by atoms with Gasteiger partial charge in [-0.05, 0) is 24.2 Å². The molecule has 13 heavy (non-hydrogen) atoms. The van der Waals surface area contributed by atoms with Gasteiger partial charge in [-0.15, -0.1) is 0 Å². The van der Waals surface area contributed by atoms with Crippen molar-refractivity contribution in [1.82, 2.24) is 0 Å². The summed E-state index contributed by atoms with van der Waals surface area (Å²) in [4.78, 5) is 0. The molecule has 0 saturated carbocycles. The van der Waals surface area contributed by atoms with E-state index in [0.29, 0.717) is 5.41 Å². The smallest absolute Gasteiger partial charge is 0.0331 e. The molecular formula is C13H28. The van der Waals surface area contributed by atoms with E-state index in [1.807, 2.05) is 0 Å². The summed E-state index contributed by atoms with van der Waals surface area (Å²) in [5, 5.41) is 0. The van der Waals surface area contributed by atoms with E-state index < -0.39 is 0 Å². The van der Waals surface area contributed by atoms with Gasteiger partial charge in [-0.25, -0.2) is 0 Å². The van der Waals surface area contributed by atoms with E-state index in [4.69, 9.17) is 0 Å². The summed E-state index contributed by atoms with van der Waals surface area (Å²) in [6.07, 6.45) is 8.25. The standard InChI is InChI=1S/C13H28/c1-6-12(7-2)10-11-13(5,8-3)9-4/h12H,6-11H2,1-5H3. The monoisotopic (exact) mass is 184 g/mol. The molecular weight excluding hydrogens is 156 g/mol. The van der Waals surface area contributed by atoms with E-state index in [9.17, 15) is 0 Å². The van der Waals surface area contributed by atoms with Crippen LogP contribution >= 0.6 is 0 Å². The molecule has 80 valence electrons. The fourth-order valence-electron chi connectivity index (χ4n) is 1.85. The van der Waals surface area contributed by atoms with Gasteiger partial charge in [0.05, 0.1) is 0 Å². The second kappa shape index (κ2) is 6.45. The van der Waals surface area contributed by atoms with E-state index >= 15 is 0 Å². The van der Waals surface area contributed by atoms with Crippen LogP contribution in [0.1, 0.15) is 73.1 Å². The van der Waals surface area contributed by atoms with Gasteiger partial charge in [-0.2, -0.15) is 0 Å². The molecule has 0 bridgehead atoms. The van der Waals surface area contributed by atoms with Crippen molar-refractivity contribution in [3.05, 3.63) is 0 Å². The Kier molecular flexibility index (Phi) is 6.45. The molecule has 0 heteroatoms. The highest BCUT2D eigenvalue weighted by molar-refractivity contribution is 4.72. The summed E-state index contributed by atoms with van der Waals surface area (Å²) < 4.78 is 0. The van der Waals surface area contributed by atoms with Crippen LogP contribution in [0.5, 0.6) is 0 Å². The predicted molar refractivity (Wildman–Crippen MR) is 62.0 cm³/mol. The first-order valence-electron chi connectivity index (χ1n) is 6.11. The maximum absolute atomic E-state index is 2.44. The van der Waals surface area contributed by atoms with Gasteiger partial charge in [0.1, 0.15) is 0 Å². The van der Waals surface area contributed by atoms with Crippen LogP contribution < -0.4 is 0 Å². The molecule has 0 N–H and O–H groups in total. The zero-order valence-corrected chi connectivity index (χ0v) is 10.3. The van der Waals surface area contributed by atoms with Crippen molar-refractivity contribution in [3.8, 4) is 0 Å². The van der Waals surface area contributed by atoms with Crippen molar-refractivity contribution in [3.63, 3.8) is 0 Å². The molecule has 0 unspecified atom stereocenters. The Hall–Kier alpha value is 0. The van der Waals surface area contributed by atoms with Crippen LogP contribution in [0.25, 0.3) is 0 Å². The lowest BCUT2D eigenvalue weighted by Crippen LogP contribution is -2.15. The maximum atomic E-state index is 2.44. The van der Waals surface area contributed by atoms with Crippen molar-refractivity contribution in [2.45, 2.75) is 73.1 Å². The second-order valence-corrected chi connectivity index (χ2v) is 4.74. The van der Waals surface area contributed by atoms with Crippen LogP contribution in [0, 0.1) is 11.3 Å². The maximum Gasteiger partial charge on any atom is -0.0331 e. The van der Waals surface area contributed by atoms with Crippen LogP contribution in [0.15, 0.2) is 0 Å². The molecule has 0 aliphatic rings. The molecule has 0 aliphatic heterocycles. The molecule has 0 aromatic heterocycles. The molecule has 0 rings (SSSR count). The molecule has 0 saturated heterocycles. The van der Waals surface area contributed by atoms with Gasteiger partial charge in [0, 0.05) is 0 Å². The van der Waals surface area contributed by atoms with Crippen LogP contribution in [0.2, 0.25) is 0 Å². The number of hydrogen-bond donors (Lipinski definition) is 0. The molecule has 0 heterocycles. The van der Waals surface area contributed by atoms with Gasteiger partial charge in [-0.3, -0.25) is 0 Å². The minimum atomic E-state index is 0.614. The van der Waals surface area contributed by atoms with Crippen LogP contribution in [0.3, 0.4) is 0 Å². The summed E-state index contributed by atoms with van der Waals surface area (Å²) in [5.41, 5.74) is 0.614. The van der Waals surface area contributed by atoms with Gasteiger partial charge in [-0.1, -0.05) is 60.3 Å². The number of rotatable bonds is 7. The van der Waals surface area contributed by atoms with Gasteiger partial charge < -0.3 is 0 Å². The summed E-state index contributed by atoms with van der Waals surface area (Å²) in [5.74, 6) is 0.970. The van der Waals surface area contributed by atoms with E-state index in [1.54, 1.807) is 0 Å². The molecule has 0 atom stereocenters. The van der Waals surface area contributed by atoms with E-state index in [0.717, 1.165) is 5.92 Å². The first-order valence-corrected chi connectivity index (χ1v) is 6.11. The largest absolute Gasteiger partial charge is 0.0651 e. The quantitative estimate of drug-likeness (QED) is 0.520. The topological polar surface area (TPSA) is 0 Å². The minimum Gasteiger partial charge on any atom is -0.0651 e. The predicted octanol–water partition coefficient (Wildman–Crippen LogP) is 5.03. The molecule has 0 radical (unpaired) electrons. The zero-order valence-electron chi connectivity index (χ0n) is 10.3. The van der Waals surface area contributed by atoms with Gasteiger partial charge in [0.2, 0.25) is 0 Å². The average molecular weight is 184 g/mol. The lowest BCUT2D eigenvalue weighted by molar-refractivity contribution is 0.240. The summed E-state index contributed by atoms with van der Waals surface area (Å²) in [6.45, 7) is 11.7. The van der Waals surface area contributed by atoms with Crippen LogP contribution in [0.4, 0.5) is 0 Å². The lowest BCUT2D eigenvalue weighted by Gasteiger charge is -2.28. The molecule has 0 amide bonds. The molecule has 0 aromatic carbocycles. The Morgan fingerprint density at radius 3 is 1.69 bits per heavy atom.